The van der Waals surface area contributed by atoms with Crippen LogP contribution >= 0.6 is 0 Å². The van der Waals surface area contributed by atoms with Gasteiger partial charge in [-0.25, -0.2) is 0 Å². The van der Waals surface area contributed by atoms with E-state index in [1.165, 1.54) is 24.0 Å². The number of hydrogen-bond donors (Lipinski definition) is 2. The van der Waals surface area contributed by atoms with E-state index in [1.54, 1.807) is 0 Å². The first-order chi connectivity index (χ1) is 6.90. The minimum Gasteiger partial charge on any atom is -0.329 e. The van der Waals surface area contributed by atoms with Gasteiger partial charge in [0, 0.05) is 19.6 Å². The molecular formula is C12H18N2. The monoisotopic (exact) mass is 190 g/mol. The second-order valence-corrected chi connectivity index (χ2v) is 3.98. The van der Waals surface area contributed by atoms with Crippen molar-refractivity contribution < 1.29 is 0 Å². The molecule has 14 heavy (non-hydrogen) atoms. The fourth-order valence-corrected chi connectivity index (χ4v) is 1.66. The third kappa shape index (κ3) is 2.56. The van der Waals surface area contributed by atoms with Crippen molar-refractivity contribution in [3.8, 4) is 0 Å². The summed E-state index contributed by atoms with van der Waals surface area (Å²) in [4.78, 5) is 0. The first-order valence-corrected chi connectivity index (χ1v) is 5.40. The van der Waals surface area contributed by atoms with Crippen molar-refractivity contribution in [3.05, 3.63) is 35.4 Å². The average Bonchev–Trinajstić information content (AvgIpc) is 3.03. The van der Waals surface area contributed by atoms with Gasteiger partial charge in [0.05, 0.1) is 0 Å². The molecule has 1 aromatic rings. The molecule has 2 rings (SSSR count). The molecule has 1 fully saturated rings. The Morgan fingerprint density at radius 2 is 1.93 bits per heavy atom. The number of rotatable bonds is 5. The van der Waals surface area contributed by atoms with E-state index < -0.39 is 0 Å². The van der Waals surface area contributed by atoms with Gasteiger partial charge in [-0.1, -0.05) is 24.3 Å². The molecule has 0 atom stereocenters. The van der Waals surface area contributed by atoms with Gasteiger partial charge in [-0.2, -0.15) is 0 Å². The van der Waals surface area contributed by atoms with Gasteiger partial charge in [0.2, 0.25) is 0 Å². The van der Waals surface area contributed by atoms with E-state index in [0.29, 0.717) is 6.54 Å². The second-order valence-electron chi connectivity index (χ2n) is 3.98. The molecular weight excluding hydrogens is 172 g/mol. The third-order valence-electron chi connectivity index (χ3n) is 2.68. The summed E-state index contributed by atoms with van der Waals surface area (Å²) in [6.07, 6.45) is 2.76. The number of nitrogens with one attached hydrogen (secondary N) is 1. The fraction of sp³-hybridized carbons (Fsp3) is 0.500. The molecule has 1 aliphatic rings. The molecule has 1 saturated carbocycles. The maximum Gasteiger partial charge on any atom is 0.0206 e. The summed E-state index contributed by atoms with van der Waals surface area (Å²) >= 11 is 0. The van der Waals surface area contributed by atoms with E-state index in [2.05, 4.69) is 29.6 Å². The Morgan fingerprint density at radius 1 is 1.21 bits per heavy atom. The lowest BCUT2D eigenvalue weighted by atomic mass is 10.1. The second kappa shape index (κ2) is 4.58. The highest BCUT2D eigenvalue weighted by atomic mass is 14.9. The van der Waals surface area contributed by atoms with Crippen LogP contribution in [0.25, 0.3) is 0 Å². The predicted molar refractivity (Wildman–Crippen MR) is 59.2 cm³/mol. The minimum atomic E-state index is 0.708. The number of benzene rings is 1. The quantitative estimate of drug-likeness (QED) is 0.692. The Kier molecular flexibility index (Phi) is 3.17. The Bertz CT molecular complexity index is 275. The lowest BCUT2D eigenvalue weighted by molar-refractivity contribution is 0.694. The third-order valence-corrected chi connectivity index (χ3v) is 2.68. The molecule has 0 amide bonds. The van der Waals surface area contributed by atoms with E-state index >= 15 is 0 Å². The highest BCUT2D eigenvalue weighted by molar-refractivity contribution is 5.27. The van der Waals surface area contributed by atoms with Crippen molar-refractivity contribution in [2.24, 2.45) is 5.73 Å². The molecule has 0 radical (unpaired) electrons. The molecule has 0 unspecified atom stereocenters. The van der Waals surface area contributed by atoms with Crippen LogP contribution in [-0.4, -0.2) is 13.1 Å². The molecule has 0 spiro atoms. The Morgan fingerprint density at radius 3 is 2.50 bits per heavy atom. The van der Waals surface area contributed by atoms with Crippen molar-refractivity contribution >= 4 is 0 Å². The summed E-state index contributed by atoms with van der Waals surface area (Å²) in [7, 11) is 0. The van der Waals surface area contributed by atoms with Gasteiger partial charge >= 0.3 is 0 Å². The van der Waals surface area contributed by atoms with Gasteiger partial charge in [0.25, 0.3) is 0 Å². The van der Waals surface area contributed by atoms with E-state index in [0.717, 1.165) is 19.0 Å². The molecule has 0 bridgehead atoms. The van der Waals surface area contributed by atoms with Crippen molar-refractivity contribution in [1.29, 1.82) is 0 Å². The average molecular weight is 190 g/mol. The van der Waals surface area contributed by atoms with Crippen LogP contribution in [0.15, 0.2) is 24.3 Å². The largest absolute Gasteiger partial charge is 0.329 e. The molecule has 0 saturated heterocycles. The van der Waals surface area contributed by atoms with Gasteiger partial charge in [-0.3, -0.25) is 0 Å². The lowest BCUT2D eigenvalue weighted by Gasteiger charge is -2.04. The van der Waals surface area contributed by atoms with Crippen molar-refractivity contribution in [2.75, 3.05) is 13.1 Å². The van der Waals surface area contributed by atoms with E-state index in [9.17, 15) is 0 Å². The van der Waals surface area contributed by atoms with Gasteiger partial charge in [-0.15, -0.1) is 0 Å². The summed E-state index contributed by atoms with van der Waals surface area (Å²) in [6, 6.07) is 8.96. The van der Waals surface area contributed by atoms with Crippen LogP contribution in [-0.2, 0) is 6.54 Å². The standard InChI is InChI=1S/C12H18N2/c13-7-8-14-9-10-1-3-11(4-2-10)12-5-6-12/h1-4,12,14H,5-9,13H2. The van der Waals surface area contributed by atoms with Crippen LogP contribution in [0.5, 0.6) is 0 Å². The molecule has 2 heteroatoms. The zero-order valence-corrected chi connectivity index (χ0v) is 8.50. The molecule has 76 valence electrons. The first-order valence-electron chi connectivity index (χ1n) is 5.40. The van der Waals surface area contributed by atoms with Gasteiger partial charge < -0.3 is 11.1 Å². The summed E-state index contributed by atoms with van der Waals surface area (Å²) in [5.41, 5.74) is 8.26. The smallest absolute Gasteiger partial charge is 0.0206 e. The van der Waals surface area contributed by atoms with Crippen molar-refractivity contribution in [3.63, 3.8) is 0 Å². The highest BCUT2D eigenvalue weighted by Gasteiger charge is 2.22. The van der Waals surface area contributed by atoms with Crippen LogP contribution < -0.4 is 11.1 Å². The topological polar surface area (TPSA) is 38.0 Å². The highest BCUT2D eigenvalue weighted by Crippen LogP contribution is 2.39. The van der Waals surface area contributed by atoms with Gasteiger partial charge in [0.15, 0.2) is 0 Å². The summed E-state index contributed by atoms with van der Waals surface area (Å²) in [5, 5.41) is 3.29. The maximum atomic E-state index is 5.40. The van der Waals surface area contributed by atoms with Gasteiger partial charge in [0.1, 0.15) is 0 Å². The fourth-order valence-electron chi connectivity index (χ4n) is 1.66. The molecule has 2 nitrogen and oxygen atoms in total. The molecule has 1 aliphatic carbocycles. The van der Waals surface area contributed by atoms with Crippen molar-refractivity contribution in [1.82, 2.24) is 5.32 Å². The normalized spacial score (nSPS) is 15.8. The molecule has 0 aliphatic heterocycles. The molecule has 1 aromatic carbocycles. The summed E-state index contributed by atoms with van der Waals surface area (Å²) in [6.45, 7) is 2.53. The van der Waals surface area contributed by atoms with Crippen LogP contribution in [0.4, 0.5) is 0 Å². The van der Waals surface area contributed by atoms with Crippen LogP contribution in [0.1, 0.15) is 29.9 Å². The predicted octanol–water partition coefficient (Wildman–Crippen LogP) is 1.61. The molecule has 0 aromatic heterocycles. The molecule has 3 N–H and O–H groups in total. The Balaban J connectivity index is 1.86. The van der Waals surface area contributed by atoms with E-state index in [-0.39, 0.29) is 0 Å². The first kappa shape index (κ1) is 9.69. The SMILES string of the molecule is NCCNCc1ccc(C2CC2)cc1. The Hall–Kier alpha value is -0.860. The number of hydrogen-bond acceptors (Lipinski definition) is 2. The summed E-state index contributed by atoms with van der Waals surface area (Å²) in [5.74, 6) is 0.862. The van der Waals surface area contributed by atoms with Crippen LogP contribution in [0.3, 0.4) is 0 Å². The zero-order chi connectivity index (χ0) is 9.80. The maximum absolute atomic E-state index is 5.40. The van der Waals surface area contributed by atoms with Crippen LogP contribution in [0, 0.1) is 0 Å². The summed E-state index contributed by atoms with van der Waals surface area (Å²) < 4.78 is 0. The minimum absolute atomic E-state index is 0.708. The van der Waals surface area contributed by atoms with E-state index in [1.807, 2.05) is 0 Å². The van der Waals surface area contributed by atoms with Crippen LogP contribution in [0.2, 0.25) is 0 Å². The zero-order valence-electron chi connectivity index (χ0n) is 8.50. The number of nitrogens with two attached hydrogens (primary N) is 1. The molecule has 0 heterocycles. The van der Waals surface area contributed by atoms with Crippen molar-refractivity contribution in [2.45, 2.75) is 25.3 Å². The Labute approximate surface area is 85.5 Å². The van der Waals surface area contributed by atoms with E-state index in [4.69, 9.17) is 5.73 Å². The van der Waals surface area contributed by atoms with Gasteiger partial charge in [-0.05, 0) is 29.9 Å². The lowest BCUT2D eigenvalue weighted by Crippen LogP contribution is -2.21.